The zero-order valence-corrected chi connectivity index (χ0v) is 45.2. The van der Waals surface area contributed by atoms with Crippen molar-refractivity contribution in [2.45, 2.75) is 114 Å². The van der Waals surface area contributed by atoms with Gasteiger partial charge in [0.15, 0.2) is 0 Å². The number of rotatable bonds is 28. The van der Waals surface area contributed by atoms with Gasteiger partial charge in [0, 0.05) is 0 Å². The highest BCUT2D eigenvalue weighted by Gasteiger charge is 2.50. The van der Waals surface area contributed by atoms with E-state index in [-0.39, 0.29) is 13.2 Å². The van der Waals surface area contributed by atoms with Gasteiger partial charge >= 0.3 is 0 Å². The van der Waals surface area contributed by atoms with E-state index in [0.717, 1.165) is 44.5 Å². The van der Waals surface area contributed by atoms with Crippen LogP contribution in [0.25, 0.3) is 0 Å². The van der Waals surface area contributed by atoms with E-state index in [2.05, 4.69) is 109 Å². The zero-order chi connectivity index (χ0) is 54.2. The van der Waals surface area contributed by atoms with Crippen LogP contribution < -0.4 is 0 Å². The van der Waals surface area contributed by atoms with E-state index in [0.29, 0.717) is 52.9 Å². The van der Waals surface area contributed by atoms with Crippen molar-refractivity contribution in [3.63, 3.8) is 0 Å². The van der Waals surface area contributed by atoms with E-state index < -0.39 is 61.0 Å². The van der Waals surface area contributed by atoms with Gasteiger partial charge in [-0.3, -0.25) is 0 Å². The Morgan fingerprint density at radius 2 is 0.438 bits per heavy atom. The van der Waals surface area contributed by atoms with Crippen LogP contribution >= 0.6 is 0 Å². The van der Waals surface area contributed by atoms with Gasteiger partial charge in [-0.25, -0.2) is 0 Å². The molecule has 2 saturated heterocycles. The van der Waals surface area contributed by atoms with Gasteiger partial charge in [0.1, 0.15) is 61.0 Å². The lowest BCUT2D eigenvalue weighted by Crippen LogP contribution is -2.61. The minimum absolute atomic E-state index is 0.217. The maximum atomic E-state index is 7.33. The number of benzene rings is 8. The fourth-order valence-electron chi connectivity index (χ4n) is 10.2. The Hall–Kier alpha value is -6.90. The molecule has 0 N–H and O–H groups in total. The van der Waals surface area contributed by atoms with Gasteiger partial charge in [0.25, 0.3) is 0 Å². The molecule has 80 heavy (non-hydrogen) atoms. The van der Waals surface area contributed by atoms with Crippen LogP contribution in [0.4, 0.5) is 0 Å². The van der Waals surface area contributed by atoms with Crippen molar-refractivity contribution in [2.24, 2.45) is 0 Å². The molecule has 2 aliphatic rings. The molecule has 8 aromatic carbocycles. The largest absolute Gasteiger partial charge is 0.374 e. The molecular formula is C70H72O10. The van der Waals surface area contributed by atoms with Gasteiger partial charge in [-0.15, -0.1) is 0 Å². The van der Waals surface area contributed by atoms with Crippen molar-refractivity contribution in [1.82, 2.24) is 0 Å². The molecule has 2 aliphatic heterocycles. The molecule has 0 amide bonds. The van der Waals surface area contributed by atoms with Gasteiger partial charge < -0.3 is 47.4 Å². The van der Waals surface area contributed by atoms with Crippen LogP contribution in [0.1, 0.15) is 44.5 Å². The van der Waals surface area contributed by atoms with Crippen molar-refractivity contribution in [2.75, 3.05) is 13.2 Å². The van der Waals surface area contributed by atoms with Gasteiger partial charge in [0.05, 0.1) is 66.1 Å². The highest BCUT2D eigenvalue weighted by Crippen LogP contribution is 2.35. The molecule has 0 saturated carbocycles. The molecule has 412 valence electrons. The molecule has 2 heterocycles. The Balaban J connectivity index is 1.03. The van der Waals surface area contributed by atoms with Crippen LogP contribution in [-0.2, 0) is 100 Å². The average molecular weight is 1070 g/mol. The first-order valence-electron chi connectivity index (χ1n) is 27.8. The molecule has 0 unspecified atom stereocenters. The molecule has 10 atom stereocenters. The summed E-state index contributed by atoms with van der Waals surface area (Å²) >= 11 is 0. The molecule has 0 spiro atoms. The number of hydrogen-bond acceptors (Lipinski definition) is 10. The quantitative estimate of drug-likeness (QED) is 0.0442. The average Bonchev–Trinajstić information content (AvgIpc) is 3.53. The van der Waals surface area contributed by atoms with Gasteiger partial charge in [-0.05, 0) is 44.5 Å². The highest BCUT2D eigenvalue weighted by molar-refractivity contribution is 5.21. The molecular weight excluding hydrogens is 1000 g/mol. The third-order valence-electron chi connectivity index (χ3n) is 14.3. The summed E-state index contributed by atoms with van der Waals surface area (Å²) in [7, 11) is 0. The van der Waals surface area contributed by atoms with Crippen LogP contribution in [0.3, 0.4) is 0 Å². The smallest absolute Gasteiger partial charge is 0.116 e. The minimum atomic E-state index is -0.691. The van der Waals surface area contributed by atoms with Gasteiger partial charge in [-0.2, -0.15) is 0 Å². The van der Waals surface area contributed by atoms with Crippen molar-refractivity contribution in [3.8, 4) is 0 Å². The Morgan fingerprint density at radius 1 is 0.237 bits per heavy atom. The fourth-order valence-corrected chi connectivity index (χ4v) is 10.2. The van der Waals surface area contributed by atoms with Crippen LogP contribution in [0, 0.1) is 0 Å². The summed E-state index contributed by atoms with van der Waals surface area (Å²) in [5.74, 6) is 0. The zero-order valence-electron chi connectivity index (χ0n) is 45.2. The first kappa shape index (κ1) is 56.4. The van der Waals surface area contributed by atoms with E-state index in [1.54, 1.807) is 0 Å². The first-order chi connectivity index (χ1) is 39.7. The lowest BCUT2D eigenvalue weighted by molar-refractivity contribution is -0.266. The van der Waals surface area contributed by atoms with Gasteiger partial charge in [0.2, 0.25) is 0 Å². The Bertz CT molecular complexity index is 2760. The summed E-state index contributed by atoms with van der Waals surface area (Å²) in [4.78, 5) is 0. The summed E-state index contributed by atoms with van der Waals surface area (Å²) in [5.41, 5.74) is 8.21. The molecule has 0 bridgehead atoms. The van der Waals surface area contributed by atoms with E-state index in [1.165, 1.54) is 0 Å². The summed E-state index contributed by atoms with van der Waals surface area (Å²) in [6, 6.07) is 81.4. The second kappa shape index (κ2) is 30.6. The third kappa shape index (κ3) is 16.8. The minimum Gasteiger partial charge on any atom is -0.374 e. The number of hydrogen-bond donors (Lipinski definition) is 0. The standard InChI is InChI=1S/C70H72O10/c1-9-25-53(26-10-1)43-71-51-63-67(75-47-57-33-17-5-18-34-57)69(77-49-59-37-21-7-22-38-59)65(73-45-55-29-13-3-14-30-55)61(79-63)41-42-62-66(74-46-56-31-15-4-16-32-56)70(78-50-60-39-23-8-24-40-60)68(76-48-58-35-19-6-20-36-58)64(80-62)52-72-44-54-27-11-2-12-28-54/h1-42,61-70H,43-52H2/t61-,62-,63-,64-,65-,66-,67-,68-,69-,70-/m1/s1. The van der Waals surface area contributed by atoms with Crippen molar-refractivity contribution < 1.29 is 47.4 Å². The molecule has 10 rings (SSSR count). The molecule has 10 heteroatoms. The van der Waals surface area contributed by atoms with Gasteiger partial charge in [-0.1, -0.05) is 255 Å². The lowest BCUT2D eigenvalue weighted by atomic mass is 9.91. The second-order valence-electron chi connectivity index (χ2n) is 20.2. The molecule has 10 nitrogen and oxygen atoms in total. The van der Waals surface area contributed by atoms with Crippen LogP contribution in [0.15, 0.2) is 255 Å². The van der Waals surface area contributed by atoms with Crippen molar-refractivity contribution in [3.05, 3.63) is 299 Å². The Morgan fingerprint density at radius 3 is 0.675 bits per heavy atom. The SMILES string of the molecule is C(=C[C@H]1O[C@H](COCc2ccccc2)[C@@H](OCc2ccccc2)[C@H](OCc2ccccc2)[C@@H]1OCc1ccccc1)[C@H]1O[C@H](COCc2ccccc2)[C@@H](OCc2ccccc2)[C@H](OCc2ccccc2)[C@@H]1OCc1ccccc1. The van der Waals surface area contributed by atoms with Crippen LogP contribution in [-0.4, -0.2) is 74.3 Å². The van der Waals surface area contributed by atoms with Crippen LogP contribution in [0.5, 0.6) is 0 Å². The molecule has 8 aromatic rings. The van der Waals surface area contributed by atoms with Crippen molar-refractivity contribution >= 4 is 0 Å². The monoisotopic (exact) mass is 1070 g/mol. The van der Waals surface area contributed by atoms with E-state index in [1.807, 2.05) is 146 Å². The van der Waals surface area contributed by atoms with Crippen molar-refractivity contribution in [1.29, 1.82) is 0 Å². The Labute approximate surface area is 471 Å². The number of ether oxygens (including phenoxy) is 10. The first-order valence-corrected chi connectivity index (χ1v) is 27.8. The molecule has 0 aromatic heterocycles. The normalized spacial score (nSPS) is 23.0. The van der Waals surface area contributed by atoms with E-state index >= 15 is 0 Å². The highest BCUT2D eigenvalue weighted by atomic mass is 16.6. The Kier molecular flexibility index (Phi) is 21.6. The topological polar surface area (TPSA) is 92.3 Å². The van der Waals surface area contributed by atoms with E-state index in [9.17, 15) is 0 Å². The molecule has 0 radical (unpaired) electrons. The summed E-state index contributed by atoms with van der Waals surface area (Å²) in [6.45, 7) is 3.07. The second-order valence-corrected chi connectivity index (χ2v) is 20.2. The lowest BCUT2D eigenvalue weighted by Gasteiger charge is -2.47. The molecule has 0 aliphatic carbocycles. The molecule has 2 fully saturated rings. The maximum Gasteiger partial charge on any atom is 0.116 e. The van der Waals surface area contributed by atoms with E-state index in [4.69, 9.17) is 47.4 Å². The fraction of sp³-hybridized carbons (Fsp3) is 0.286. The maximum absolute atomic E-state index is 7.33. The summed E-state index contributed by atoms with van der Waals surface area (Å²) < 4.78 is 70.3. The summed E-state index contributed by atoms with van der Waals surface area (Å²) in [5, 5.41) is 0. The predicted octanol–water partition coefficient (Wildman–Crippen LogP) is 13.0. The summed E-state index contributed by atoms with van der Waals surface area (Å²) in [6.07, 6.45) is -2.31. The predicted molar refractivity (Wildman–Crippen MR) is 309 cm³/mol. The van der Waals surface area contributed by atoms with Crippen LogP contribution in [0.2, 0.25) is 0 Å². The third-order valence-corrected chi connectivity index (χ3v) is 14.3.